The molecule has 0 bridgehead atoms. The second-order valence-electron chi connectivity index (χ2n) is 8.42. The van der Waals surface area contributed by atoms with Crippen molar-refractivity contribution < 1.29 is 4.79 Å². The van der Waals surface area contributed by atoms with Crippen molar-refractivity contribution in [1.82, 2.24) is 15.6 Å². The van der Waals surface area contributed by atoms with Gasteiger partial charge in [0, 0.05) is 36.9 Å². The zero-order chi connectivity index (χ0) is 21.8. The Morgan fingerprint density at radius 1 is 1.29 bits per heavy atom. The molecule has 7 heteroatoms. The van der Waals surface area contributed by atoms with E-state index in [0.717, 1.165) is 42.0 Å². The molecule has 3 aromatic rings. The predicted molar refractivity (Wildman–Crippen MR) is 130 cm³/mol. The number of rotatable bonds is 7. The molecular weight excluding hydrogens is 406 g/mol. The zero-order valence-corrected chi connectivity index (χ0v) is 19.1. The van der Waals surface area contributed by atoms with Crippen LogP contribution in [0.5, 0.6) is 0 Å². The van der Waals surface area contributed by atoms with Crippen LogP contribution in [-0.2, 0) is 6.42 Å². The topological polar surface area (TPSA) is 83.3 Å². The van der Waals surface area contributed by atoms with Gasteiger partial charge < -0.3 is 21.3 Å². The Labute approximate surface area is 187 Å². The van der Waals surface area contributed by atoms with E-state index in [4.69, 9.17) is 5.73 Å². The van der Waals surface area contributed by atoms with Crippen molar-refractivity contribution >= 4 is 38.8 Å². The molecule has 1 aliphatic rings. The molecule has 4 rings (SSSR count). The average molecular weight is 438 g/mol. The highest BCUT2D eigenvalue weighted by Gasteiger charge is 2.17. The number of anilines is 2. The summed E-state index contributed by atoms with van der Waals surface area (Å²) in [6.45, 7) is 5.85. The first kappa shape index (κ1) is 21.6. The summed E-state index contributed by atoms with van der Waals surface area (Å²) in [6, 6.07) is 12.5. The molecule has 0 aliphatic carbocycles. The van der Waals surface area contributed by atoms with E-state index in [-0.39, 0.29) is 5.91 Å². The molecule has 1 saturated heterocycles. The van der Waals surface area contributed by atoms with E-state index in [1.165, 1.54) is 35.4 Å². The second kappa shape index (κ2) is 9.66. The summed E-state index contributed by atoms with van der Waals surface area (Å²) in [6.07, 6.45) is 3.35. The van der Waals surface area contributed by atoms with Gasteiger partial charge in [0.05, 0.1) is 5.69 Å². The smallest absolute Gasteiger partial charge is 0.263 e. The predicted octanol–water partition coefficient (Wildman–Crippen LogP) is 3.60. The van der Waals surface area contributed by atoms with Gasteiger partial charge in [0.15, 0.2) is 0 Å². The summed E-state index contributed by atoms with van der Waals surface area (Å²) in [5.74, 6) is 0.588. The number of aromatic nitrogens is 1. The number of piperidine rings is 1. The van der Waals surface area contributed by atoms with Crippen LogP contribution in [0.1, 0.15) is 33.8 Å². The van der Waals surface area contributed by atoms with Gasteiger partial charge in [-0.1, -0.05) is 12.1 Å². The first-order valence-corrected chi connectivity index (χ1v) is 11.8. The number of nitrogens with zero attached hydrogens (tertiary/aromatic N) is 2. The minimum atomic E-state index is -0.129. The first-order valence-electron chi connectivity index (χ1n) is 11.0. The van der Waals surface area contributed by atoms with E-state index in [1.54, 1.807) is 0 Å². The van der Waals surface area contributed by atoms with Crippen LogP contribution >= 0.6 is 11.3 Å². The summed E-state index contributed by atoms with van der Waals surface area (Å²) >= 11 is 1.35. The second-order valence-corrected chi connectivity index (χ2v) is 9.41. The summed E-state index contributed by atoms with van der Waals surface area (Å²) in [4.78, 5) is 20.8. The molecule has 4 N–H and O–H groups in total. The SMILES string of the molecule is Cc1ccc2c(N)c(C(=O)NCCc3ccc(N(C)CC4CCCNC4)cc3)sc2n1. The Hall–Kier alpha value is -2.64. The van der Waals surface area contributed by atoms with Crippen LogP contribution in [0.4, 0.5) is 11.4 Å². The van der Waals surface area contributed by atoms with Crippen molar-refractivity contribution in [3.63, 3.8) is 0 Å². The van der Waals surface area contributed by atoms with Gasteiger partial charge in [0.1, 0.15) is 9.71 Å². The lowest BCUT2D eigenvalue weighted by Crippen LogP contribution is -2.36. The summed E-state index contributed by atoms with van der Waals surface area (Å²) in [5.41, 5.74) is 10.1. The van der Waals surface area contributed by atoms with Crippen LogP contribution in [0.25, 0.3) is 10.2 Å². The third kappa shape index (κ3) is 5.17. The number of nitrogen functional groups attached to an aromatic ring is 1. The first-order chi connectivity index (χ1) is 15.0. The van der Waals surface area contributed by atoms with Gasteiger partial charge in [0.25, 0.3) is 5.91 Å². The van der Waals surface area contributed by atoms with E-state index >= 15 is 0 Å². The number of nitrogens with two attached hydrogens (primary N) is 1. The number of thiophene rings is 1. The van der Waals surface area contributed by atoms with Gasteiger partial charge in [-0.15, -0.1) is 11.3 Å². The number of hydrogen-bond donors (Lipinski definition) is 3. The highest BCUT2D eigenvalue weighted by atomic mass is 32.1. The highest BCUT2D eigenvalue weighted by Crippen LogP contribution is 2.32. The largest absolute Gasteiger partial charge is 0.397 e. The van der Waals surface area contributed by atoms with Gasteiger partial charge in [-0.2, -0.15) is 0 Å². The summed E-state index contributed by atoms with van der Waals surface area (Å²) in [5, 5.41) is 7.34. The lowest BCUT2D eigenvalue weighted by molar-refractivity contribution is 0.0959. The van der Waals surface area contributed by atoms with Crippen LogP contribution in [0.2, 0.25) is 0 Å². The minimum absolute atomic E-state index is 0.129. The minimum Gasteiger partial charge on any atom is -0.397 e. The molecule has 31 heavy (non-hydrogen) atoms. The summed E-state index contributed by atoms with van der Waals surface area (Å²) in [7, 11) is 2.16. The maximum absolute atomic E-state index is 12.6. The fourth-order valence-corrected chi connectivity index (χ4v) is 5.20. The molecule has 164 valence electrons. The number of benzene rings is 1. The van der Waals surface area contributed by atoms with Crippen molar-refractivity contribution in [3.8, 4) is 0 Å². The van der Waals surface area contributed by atoms with Crippen LogP contribution in [-0.4, -0.2) is 44.1 Å². The molecule has 1 fully saturated rings. The normalized spacial score (nSPS) is 16.4. The Kier molecular flexibility index (Phi) is 6.73. The quantitative estimate of drug-likeness (QED) is 0.526. The maximum Gasteiger partial charge on any atom is 0.263 e. The van der Waals surface area contributed by atoms with Crippen molar-refractivity contribution in [1.29, 1.82) is 0 Å². The summed E-state index contributed by atoms with van der Waals surface area (Å²) < 4.78 is 0. The molecule has 0 saturated carbocycles. The number of fused-ring (bicyclic) bond motifs is 1. The molecule has 0 spiro atoms. The molecule has 3 heterocycles. The fourth-order valence-electron chi connectivity index (χ4n) is 4.15. The average Bonchev–Trinajstić information content (AvgIpc) is 3.10. The standard InChI is InChI=1S/C24H31N5OS/c1-16-5-10-20-21(25)22(31-24(20)28-16)23(30)27-13-11-17-6-8-19(9-7-17)29(2)15-18-4-3-12-26-14-18/h5-10,18,26H,3-4,11-15,25H2,1-2H3,(H,27,30). The molecule has 1 unspecified atom stereocenters. The molecule has 0 radical (unpaired) electrons. The van der Waals surface area contributed by atoms with Crippen molar-refractivity contribution in [2.24, 2.45) is 5.92 Å². The number of carbonyl (C=O) groups is 1. The number of aryl methyl sites for hydroxylation is 1. The van der Waals surface area contributed by atoms with Gasteiger partial charge in [-0.25, -0.2) is 4.98 Å². The number of nitrogens with one attached hydrogen (secondary N) is 2. The number of carbonyl (C=O) groups excluding carboxylic acids is 1. The molecule has 6 nitrogen and oxygen atoms in total. The van der Waals surface area contributed by atoms with Crippen LogP contribution in [0.3, 0.4) is 0 Å². The Bertz CT molecular complexity index is 1040. The van der Waals surface area contributed by atoms with Gasteiger partial charge >= 0.3 is 0 Å². The fraction of sp³-hybridized carbons (Fsp3) is 0.417. The molecule has 1 aromatic carbocycles. The highest BCUT2D eigenvalue weighted by molar-refractivity contribution is 7.21. The molecule has 1 aliphatic heterocycles. The third-order valence-electron chi connectivity index (χ3n) is 5.95. The van der Waals surface area contributed by atoms with E-state index in [0.29, 0.717) is 23.0 Å². The number of amides is 1. The lowest BCUT2D eigenvalue weighted by atomic mass is 9.99. The van der Waals surface area contributed by atoms with Gasteiger partial charge in [-0.05, 0) is 75.0 Å². The van der Waals surface area contributed by atoms with Crippen LogP contribution in [0.15, 0.2) is 36.4 Å². The number of pyridine rings is 1. The van der Waals surface area contributed by atoms with Gasteiger partial charge in [0.2, 0.25) is 0 Å². The lowest BCUT2D eigenvalue weighted by Gasteiger charge is -2.29. The van der Waals surface area contributed by atoms with Crippen LogP contribution < -0.4 is 21.3 Å². The zero-order valence-electron chi connectivity index (χ0n) is 18.3. The Morgan fingerprint density at radius 2 is 2.10 bits per heavy atom. The molecular formula is C24H31N5OS. The Morgan fingerprint density at radius 3 is 2.84 bits per heavy atom. The van der Waals surface area contributed by atoms with Gasteiger partial charge in [-0.3, -0.25) is 4.79 Å². The molecule has 2 aromatic heterocycles. The van der Waals surface area contributed by atoms with Crippen molar-refractivity contribution in [2.45, 2.75) is 26.2 Å². The third-order valence-corrected chi connectivity index (χ3v) is 7.06. The van der Waals surface area contributed by atoms with E-state index < -0.39 is 0 Å². The van der Waals surface area contributed by atoms with Crippen LogP contribution in [0, 0.1) is 12.8 Å². The Balaban J connectivity index is 1.29. The van der Waals surface area contributed by atoms with Crippen molar-refractivity contribution in [2.75, 3.05) is 43.9 Å². The van der Waals surface area contributed by atoms with E-state index in [1.807, 2.05) is 19.1 Å². The maximum atomic E-state index is 12.6. The van der Waals surface area contributed by atoms with E-state index in [2.05, 4.69) is 51.8 Å². The molecule has 1 amide bonds. The monoisotopic (exact) mass is 437 g/mol. The van der Waals surface area contributed by atoms with E-state index in [9.17, 15) is 4.79 Å². The van der Waals surface area contributed by atoms with Crippen molar-refractivity contribution in [3.05, 3.63) is 52.5 Å². The number of hydrogen-bond acceptors (Lipinski definition) is 6. The molecule has 1 atom stereocenters.